The number of nitrogens with one attached hydrogen (secondary N) is 1. The molecule has 0 bridgehead atoms. The molecule has 4 rings (SSSR count). The summed E-state index contributed by atoms with van der Waals surface area (Å²) < 4.78 is 7.19. The molecule has 1 aliphatic heterocycles. The third kappa shape index (κ3) is 4.74. The summed E-state index contributed by atoms with van der Waals surface area (Å²) in [6.45, 7) is 2.43. The van der Waals surface area contributed by atoms with Crippen LogP contribution in [0.5, 0.6) is 0 Å². The number of furan rings is 1. The predicted molar refractivity (Wildman–Crippen MR) is 107 cm³/mol. The highest BCUT2D eigenvalue weighted by Gasteiger charge is 2.28. The lowest BCUT2D eigenvalue weighted by Crippen LogP contribution is -2.42. The van der Waals surface area contributed by atoms with Crippen molar-refractivity contribution in [1.29, 1.82) is 0 Å². The maximum absolute atomic E-state index is 12.5. The van der Waals surface area contributed by atoms with Crippen LogP contribution in [0.25, 0.3) is 0 Å². The fraction of sp³-hybridized carbons (Fsp3) is 0.318. The van der Waals surface area contributed by atoms with E-state index < -0.39 is 0 Å². The first-order valence-electron chi connectivity index (χ1n) is 9.83. The minimum Gasteiger partial charge on any atom is -0.459 e. The number of rotatable bonds is 6. The highest BCUT2D eigenvalue weighted by Crippen LogP contribution is 2.19. The van der Waals surface area contributed by atoms with Crippen molar-refractivity contribution in [1.82, 2.24) is 19.8 Å². The molecule has 7 nitrogen and oxygen atoms in total. The standard InChI is InChI=1S/C22H24N4O3/c27-21(19-7-10-26(11-8-19)22(28)20-2-1-13-29-20)24-14-17-3-5-18(6-4-17)15-25-12-9-23-16-25/h1-6,9,12-13,16,19H,7-8,10-11,14-15H2,(H,24,27). The Morgan fingerprint density at radius 3 is 2.52 bits per heavy atom. The van der Waals surface area contributed by atoms with Crippen LogP contribution in [0, 0.1) is 5.92 Å². The molecule has 1 N–H and O–H groups in total. The number of hydrogen-bond acceptors (Lipinski definition) is 4. The number of amides is 2. The average molecular weight is 392 g/mol. The van der Waals surface area contributed by atoms with E-state index in [0.717, 1.165) is 12.1 Å². The summed E-state index contributed by atoms with van der Waals surface area (Å²) in [5, 5.41) is 3.03. The van der Waals surface area contributed by atoms with Gasteiger partial charge in [0.1, 0.15) is 0 Å². The van der Waals surface area contributed by atoms with Crippen LogP contribution >= 0.6 is 0 Å². The minimum absolute atomic E-state index is 0.0533. The molecule has 1 saturated heterocycles. The number of carbonyl (C=O) groups excluding carboxylic acids is 2. The molecule has 2 amide bonds. The highest BCUT2D eigenvalue weighted by atomic mass is 16.3. The number of likely N-dealkylation sites (tertiary alicyclic amines) is 1. The lowest BCUT2D eigenvalue weighted by Gasteiger charge is -2.30. The number of aromatic nitrogens is 2. The van der Waals surface area contributed by atoms with E-state index >= 15 is 0 Å². The minimum atomic E-state index is -0.107. The lowest BCUT2D eigenvalue weighted by atomic mass is 9.95. The quantitative estimate of drug-likeness (QED) is 0.699. The van der Waals surface area contributed by atoms with Gasteiger partial charge in [-0.05, 0) is 36.1 Å². The van der Waals surface area contributed by atoms with Crippen LogP contribution in [0.15, 0.2) is 65.8 Å². The Hall–Kier alpha value is -3.35. The Balaban J connectivity index is 1.22. The summed E-state index contributed by atoms with van der Waals surface area (Å²) in [5.74, 6) is 0.239. The Labute approximate surface area is 169 Å². The van der Waals surface area contributed by atoms with E-state index in [0.29, 0.717) is 38.2 Å². The smallest absolute Gasteiger partial charge is 0.289 e. The van der Waals surface area contributed by atoms with Crippen LogP contribution in [0.1, 0.15) is 34.5 Å². The molecular weight excluding hydrogens is 368 g/mol. The molecule has 3 heterocycles. The average Bonchev–Trinajstić information content (AvgIpc) is 3.47. The molecule has 29 heavy (non-hydrogen) atoms. The molecule has 0 aliphatic carbocycles. The molecular formula is C22H24N4O3. The summed E-state index contributed by atoms with van der Waals surface area (Å²) >= 11 is 0. The van der Waals surface area contributed by atoms with Crippen molar-refractivity contribution < 1.29 is 14.0 Å². The normalized spacial score (nSPS) is 14.7. The van der Waals surface area contributed by atoms with E-state index in [1.165, 1.54) is 11.8 Å². The van der Waals surface area contributed by atoms with Gasteiger partial charge in [0.05, 0.1) is 12.6 Å². The summed E-state index contributed by atoms with van der Waals surface area (Å²) in [7, 11) is 0. The van der Waals surface area contributed by atoms with Crippen LogP contribution < -0.4 is 5.32 Å². The number of nitrogens with zero attached hydrogens (tertiary/aromatic N) is 3. The van der Waals surface area contributed by atoms with Gasteiger partial charge in [-0.2, -0.15) is 0 Å². The molecule has 3 aromatic rings. The Kier molecular flexibility index (Phi) is 5.74. The molecule has 0 unspecified atom stereocenters. The van der Waals surface area contributed by atoms with Gasteiger partial charge in [0.15, 0.2) is 5.76 Å². The van der Waals surface area contributed by atoms with Gasteiger partial charge < -0.3 is 19.2 Å². The van der Waals surface area contributed by atoms with Gasteiger partial charge in [-0.15, -0.1) is 0 Å². The second-order valence-electron chi connectivity index (χ2n) is 7.31. The Bertz CT molecular complexity index is 925. The van der Waals surface area contributed by atoms with Gasteiger partial charge >= 0.3 is 0 Å². The lowest BCUT2D eigenvalue weighted by molar-refractivity contribution is -0.126. The fourth-order valence-electron chi connectivity index (χ4n) is 3.59. The van der Waals surface area contributed by atoms with Gasteiger partial charge in [0.2, 0.25) is 5.91 Å². The van der Waals surface area contributed by atoms with Crippen molar-refractivity contribution in [3.63, 3.8) is 0 Å². The molecule has 0 atom stereocenters. The van der Waals surface area contributed by atoms with E-state index in [1.54, 1.807) is 29.6 Å². The molecule has 1 aromatic carbocycles. The molecule has 1 fully saturated rings. The molecule has 150 valence electrons. The molecule has 0 radical (unpaired) electrons. The summed E-state index contributed by atoms with van der Waals surface area (Å²) in [6, 6.07) is 11.6. The van der Waals surface area contributed by atoms with Crippen molar-refractivity contribution in [2.75, 3.05) is 13.1 Å². The van der Waals surface area contributed by atoms with Crippen LogP contribution in [0.2, 0.25) is 0 Å². The molecule has 7 heteroatoms. The van der Waals surface area contributed by atoms with E-state index in [4.69, 9.17) is 4.42 Å². The SMILES string of the molecule is O=C(NCc1ccc(Cn2ccnc2)cc1)C1CCN(C(=O)c2ccco2)CC1. The summed E-state index contributed by atoms with van der Waals surface area (Å²) in [5.41, 5.74) is 2.25. The van der Waals surface area contributed by atoms with E-state index in [2.05, 4.69) is 22.4 Å². The molecule has 0 spiro atoms. The van der Waals surface area contributed by atoms with Gasteiger partial charge in [-0.1, -0.05) is 24.3 Å². The fourth-order valence-corrected chi connectivity index (χ4v) is 3.59. The van der Waals surface area contributed by atoms with Crippen molar-refractivity contribution in [3.05, 3.63) is 78.3 Å². The van der Waals surface area contributed by atoms with Crippen LogP contribution in [-0.2, 0) is 17.9 Å². The highest BCUT2D eigenvalue weighted by molar-refractivity contribution is 5.91. The summed E-state index contributed by atoms with van der Waals surface area (Å²) in [6.07, 6.45) is 8.33. The molecule has 1 aliphatic rings. The van der Waals surface area contributed by atoms with E-state index in [9.17, 15) is 9.59 Å². The van der Waals surface area contributed by atoms with Crippen LogP contribution in [0.4, 0.5) is 0 Å². The number of imidazole rings is 1. The van der Waals surface area contributed by atoms with Crippen molar-refractivity contribution in [2.24, 2.45) is 5.92 Å². The van der Waals surface area contributed by atoms with Crippen molar-refractivity contribution in [3.8, 4) is 0 Å². The van der Waals surface area contributed by atoms with Gasteiger partial charge in [-0.25, -0.2) is 4.98 Å². The maximum Gasteiger partial charge on any atom is 0.289 e. The first-order valence-corrected chi connectivity index (χ1v) is 9.83. The number of benzene rings is 1. The number of hydrogen-bond donors (Lipinski definition) is 1. The largest absolute Gasteiger partial charge is 0.459 e. The summed E-state index contributed by atoms with van der Waals surface area (Å²) in [4.78, 5) is 30.6. The van der Waals surface area contributed by atoms with Gasteiger partial charge in [-0.3, -0.25) is 9.59 Å². The van der Waals surface area contributed by atoms with Gasteiger partial charge in [0.25, 0.3) is 5.91 Å². The van der Waals surface area contributed by atoms with Gasteiger partial charge in [0, 0.05) is 44.5 Å². The van der Waals surface area contributed by atoms with Crippen LogP contribution in [-0.4, -0.2) is 39.4 Å². The monoisotopic (exact) mass is 392 g/mol. The van der Waals surface area contributed by atoms with Crippen molar-refractivity contribution >= 4 is 11.8 Å². The first kappa shape index (κ1) is 19.0. The zero-order valence-electron chi connectivity index (χ0n) is 16.2. The van der Waals surface area contributed by atoms with Crippen LogP contribution in [0.3, 0.4) is 0 Å². The number of piperidine rings is 1. The third-order valence-electron chi connectivity index (χ3n) is 5.30. The van der Waals surface area contributed by atoms with E-state index in [1.807, 2.05) is 22.9 Å². The maximum atomic E-state index is 12.5. The number of carbonyl (C=O) groups is 2. The molecule has 0 saturated carbocycles. The van der Waals surface area contributed by atoms with Crippen molar-refractivity contribution in [2.45, 2.75) is 25.9 Å². The zero-order valence-corrected chi connectivity index (χ0v) is 16.2. The second kappa shape index (κ2) is 8.77. The predicted octanol–water partition coefficient (Wildman–Crippen LogP) is 2.69. The van der Waals surface area contributed by atoms with E-state index in [-0.39, 0.29) is 17.7 Å². The zero-order chi connectivity index (χ0) is 20.1. The third-order valence-corrected chi connectivity index (χ3v) is 5.30. The second-order valence-corrected chi connectivity index (χ2v) is 7.31. The molecule has 2 aromatic heterocycles. The topological polar surface area (TPSA) is 80.4 Å². The first-order chi connectivity index (χ1) is 14.2. The Morgan fingerprint density at radius 2 is 1.86 bits per heavy atom. The Morgan fingerprint density at radius 1 is 1.10 bits per heavy atom.